The molecule has 0 amide bonds. The van der Waals surface area contributed by atoms with E-state index in [1.807, 2.05) is 13.8 Å². The Morgan fingerprint density at radius 3 is 2.53 bits per heavy atom. The van der Waals surface area contributed by atoms with E-state index in [1.165, 1.54) is 13.2 Å². The van der Waals surface area contributed by atoms with Crippen LogP contribution >= 0.6 is 0 Å². The van der Waals surface area contributed by atoms with Gasteiger partial charge in [0.1, 0.15) is 0 Å². The minimum atomic E-state index is 0.0742. The number of hydrogen-bond donors (Lipinski definition) is 1. The van der Waals surface area contributed by atoms with Crippen LogP contribution < -0.4 is 4.74 Å². The van der Waals surface area contributed by atoms with E-state index < -0.39 is 0 Å². The molecule has 0 saturated carbocycles. The van der Waals surface area contributed by atoms with Gasteiger partial charge in [0.25, 0.3) is 0 Å². The molecule has 1 aromatic rings. The molecule has 1 rings (SSSR count). The largest absolute Gasteiger partial charge is 0.504 e. The number of carbonyl (C=O) groups is 1. The molecule has 0 atom stereocenters. The maximum atomic E-state index is 11.6. The maximum Gasteiger partial charge on any atom is 0.164 e. The van der Waals surface area contributed by atoms with Crippen LogP contribution in [-0.4, -0.2) is 18.0 Å². The summed E-state index contributed by atoms with van der Waals surface area (Å²) in [5.74, 6) is 0.573. The molecule has 3 heteroatoms. The van der Waals surface area contributed by atoms with E-state index in [1.54, 1.807) is 6.07 Å². The molecule has 0 fully saturated rings. The van der Waals surface area contributed by atoms with Gasteiger partial charge in [-0.3, -0.25) is 4.79 Å². The van der Waals surface area contributed by atoms with Gasteiger partial charge in [-0.15, -0.1) is 0 Å². The molecule has 15 heavy (non-hydrogen) atoms. The van der Waals surface area contributed by atoms with Gasteiger partial charge in [-0.2, -0.15) is 0 Å². The Balaban J connectivity index is 3.35. The van der Waals surface area contributed by atoms with Crippen LogP contribution in [0.4, 0.5) is 0 Å². The summed E-state index contributed by atoms with van der Waals surface area (Å²) in [6, 6.07) is 3.16. The Bertz CT molecular complexity index is 369. The van der Waals surface area contributed by atoms with Crippen LogP contribution in [0.3, 0.4) is 0 Å². The number of aromatic hydroxyl groups is 1. The lowest BCUT2D eigenvalue weighted by molar-refractivity contribution is 0.0987. The van der Waals surface area contributed by atoms with Crippen molar-refractivity contribution in [2.45, 2.75) is 26.7 Å². The van der Waals surface area contributed by atoms with Gasteiger partial charge in [0.05, 0.1) is 7.11 Å². The third-order valence-corrected chi connectivity index (χ3v) is 2.42. The number of ether oxygens (including phenoxy) is 1. The summed E-state index contributed by atoms with van der Waals surface area (Å²) in [5, 5.41) is 9.57. The summed E-state index contributed by atoms with van der Waals surface area (Å²) in [6.07, 6.45) is 1.12. The van der Waals surface area contributed by atoms with E-state index >= 15 is 0 Å². The van der Waals surface area contributed by atoms with E-state index in [-0.39, 0.29) is 11.5 Å². The topological polar surface area (TPSA) is 46.5 Å². The molecule has 0 spiro atoms. The van der Waals surface area contributed by atoms with Crippen LogP contribution in [0.25, 0.3) is 0 Å². The van der Waals surface area contributed by atoms with Crippen molar-refractivity contribution in [1.29, 1.82) is 0 Å². The normalized spacial score (nSPS) is 10.1. The summed E-state index contributed by atoms with van der Waals surface area (Å²) in [7, 11) is 1.49. The summed E-state index contributed by atoms with van der Waals surface area (Å²) < 4.78 is 5.10. The Morgan fingerprint density at radius 1 is 1.40 bits per heavy atom. The first kappa shape index (κ1) is 11.6. The molecule has 82 valence electrons. The van der Waals surface area contributed by atoms with Crippen molar-refractivity contribution in [2.24, 2.45) is 0 Å². The summed E-state index contributed by atoms with van der Waals surface area (Å²) in [4.78, 5) is 11.6. The number of hydrogen-bond acceptors (Lipinski definition) is 3. The highest BCUT2D eigenvalue weighted by atomic mass is 16.5. The Kier molecular flexibility index (Phi) is 3.72. The van der Waals surface area contributed by atoms with Crippen LogP contribution in [0.2, 0.25) is 0 Å². The Hall–Kier alpha value is -1.51. The first-order valence-electron chi connectivity index (χ1n) is 5.07. The zero-order valence-electron chi connectivity index (χ0n) is 9.33. The minimum absolute atomic E-state index is 0.0742. The van der Waals surface area contributed by atoms with E-state index in [0.717, 1.165) is 5.56 Å². The fraction of sp³-hybridized carbons (Fsp3) is 0.417. The van der Waals surface area contributed by atoms with Gasteiger partial charge >= 0.3 is 0 Å². The fourth-order valence-corrected chi connectivity index (χ4v) is 1.65. The second-order valence-corrected chi connectivity index (χ2v) is 3.27. The van der Waals surface area contributed by atoms with Crippen LogP contribution in [-0.2, 0) is 6.42 Å². The first-order chi connectivity index (χ1) is 7.15. The van der Waals surface area contributed by atoms with Crippen molar-refractivity contribution in [1.82, 2.24) is 0 Å². The van der Waals surface area contributed by atoms with Crippen LogP contribution in [0.1, 0.15) is 36.2 Å². The highest BCUT2D eigenvalue weighted by Crippen LogP contribution is 2.33. The van der Waals surface area contributed by atoms with Crippen molar-refractivity contribution >= 4 is 5.78 Å². The molecule has 0 aliphatic rings. The molecule has 1 N–H and O–H groups in total. The van der Waals surface area contributed by atoms with Crippen molar-refractivity contribution in [2.75, 3.05) is 7.11 Å². The average Bonchev–Trinajstić information content (AvgIpc) is 2.27. The second kappa shape index (κ2) is 4.82. The molecule has 0 bridgehead atoms. The summed E-state index contributed by atoms with van der Waals surface area (Å²) in [6.45, 7) is 3.75. The maximum absolute atomic E-state index is 11.6. The molecule has 0 aliphatic heterocycles. The Labute approximate surface area is 89.7 Å². The zero-order chi connectivity index (χ0) is 11.4. The first-order valence-corrected chi connectivity index (χ1v) is 5.07. The molecule has 0 radical (unpaired) electrons. The molecule has 0 aliphatic carbocycles. The number of phenols is 1. The van der Waals surface area contributed by atoms with Gasteiger partial charge in [-0.1, -0.05) is 13.8 Å². The molecule has 0 aromatic heterocycles. The number of rotatable bonds is 4. The van der Waals surface area contributed by atoms with E-state index in [2.05, 4.69) is 0 Å². The highest BCUT2D eigenvalue weighted by Gasteiger charge is 2.15. The predicted octanol–water partition coefficient (Wildman–Crippen LogP) is 2.56. The summed E-state index contributed by atoms with van der Waals surface area (Å²) in [5.41, 5.74) is 1.43. The molecule has 3 nitrogen and oxygen atoms in total. The molecular formula is C12H16O3. The SMILES string of the molecule is CCC(=O)c1ccc(O)c(OC)c1CC. The number of phenolic OH excluding ortho intramolecular Hbond substituents is 1. The van der Waals surface area contributed by atoms with Crippen LogP contribution in [0, 0.1) is 0 Å². The monoisotopic (exact) mass is 208 g/mol. The average molecular weight is 208 g/mol. The van der Waals surface area contributed by atoms with E-state index in [4.69, 9.17) is 4.74 Å². The predicted molar refractivity (Wildman–Crippen MR) is 58.7 cm³/mol. The van der Waals surface area contributed by atoms with Gasteiger partial charge in [0.2, 0.25) is 0 Å². The van der Waals surface area contributed by atoms with Gasteiger partial charge in [-0.05, 0) is 18.6 Å². The van der Waals surface area contributed by atoms with E-state index in [9.17, 15) is 9.90 Å². The fourth-order valence-electron chi connectivity index (χ4n) is 1.65. The van der Waals surface area contributed by atoms with Crippen molar-refractivity contribution in [3.63, 3.8) is 0 Å². The standard InChI is InChI=1S/C12H16O3/c1-4-8-9(10(13)5-2)6-7-11(14)12(8)15-3/h6-7,14H,4-5H2,1-3H3. The number of carbonyl (C=O) groups excluding carboxylic acids is 1. The van der Waals surface area contributed by atoms with Crippen molar-refractivity contribution in [3.8, 4) is 11.5 Å². The zero-order valence-corrected chi connectivity index (χ0v) is 9.33. The highest BCUT2D eigenvalue weighted by molar-refractivity contribution is 5.98. The van der Waals surface area contributed by atoms with Crippen molar-refractivity contribution in [3.05, 3.63) is 23.3 Å². The lowest BCUT2D eigenvalue weighted by atomic mass is 9.98. The molecule has 1 aromatic carbocycles. The van der Waals surface area contributed by atoms with Crippen molar-refractivity contribution < 1.29 is 14.6 Å². The smallest absolute Gasteiger partial charge is 0.164 e. The van der Waals surface area contributed by atoms with E-state index in [0.29, 0.717) is 24.2 Å². The molecule has 0 unspecified atom stereocenters. The Morgan fingerprint density at radius 2 is 2.07 bits per heavy atom. The van der Waals surface area contributed by atoms with Crippen LogP contribution in [0.15, 0.2) is 12.1 Å². The molecule has 0 saturated heterocycles. The third-order valence-electron chi connectivity index (χ3n) is 2.42. The van der Waals surface area contributed by atoms with Gasteiger partial charge in [0.15, 0.2) is 17.3 Å². The third kappa shape index (κ3) is 2.12. The van der Waals surface area contributed by atoms with Gasteiger partial charge < -0.3 is 9.84 Å². The summed E-state index contributed by atoms with van der Waals surface area (Å²) >= 11 is 0. The lowest BCUT2D eigenvalue weighted by Gasteiger charge is -2.12. The molecular weight excluding hydrogens is 192 g/mol. The lowest BCUT2D eigenvalue weighted by Crippen LogP contribution is -2.04. The number of benzene rings is 1. The number of ketones is 1. The van der Waals surface area contributed by atoms with Crippen LogP contribution in [0.5, 0.6) is 11.5 Å². The minimum Gasteiger partial charge on any atom is -0.504 e. The van der Waals surface area contributed by atoms with Gasteiger partial charge in [0, 0.05) is 17.5 Å². The quantitative estimate of drug-likeness (QED) is 0.773. The second-order valence-electron chi connectivity index (χ2n) is 3.27. The number of Topliss-reactive ketones (excluding diaryl/α,β-unsaturated/α-hetero) is 1. The number of methoxy groups -OCH3 is 1. The van der Waals surface area contributed by atoms with Gasteiger partial charge in [-0.25, -0.2) is 0 Å². The molecule has 0 heterocycles.